The summed E-state index contributed by atoms with van der Waals surface area (Å²) < 4.78 is 20.2. The molecule has 5 rings (SSSR count). The molecule has 2 amide bonds. The Hall–Kier alpha value is -4.32. The van der Waals surface area contributed by atoms with Crippen LogP contribution in [0.4, 0.5) is 10.2 Å². The van der Waals surface area contributed by atoms with E-state index in [4.69, 9.17) is 15.6 Å². The number of hydrogen-bond acceptors (Lipinski definition) is 7. The quantitative estimate of drug-likeness (QED) is 0.265. The number of halogens is 1. The van der Waals surface area contributed by atoms with E-state index in [0.29, 0.717) is 48.2 Å². The fourth-order valence-corrected chi connectivity index (χ4v) is 5.48. The first-order valence-electron chi connectivity index (χ1n) is 14.1. The van der Waals surface area contributed by atoms with E-state index in [-0.39, 0.29) is 22.1 Å². The van der Waals surface area contributed by atoms with Crippen molar-refractivity contribution in [3.8, 4) is 0 Å². The number of methoxy groups -OCH3 is 1. The number of aliphatic imine (C=N–C) groups is 2. The number of allylic oxidation sites excluding steroid dienone is 1. The molecule has 4 heterocycles. The number of fused-ring (bicyclic) bond motifs is 1. The number of pyridine rings is 1. The Kier molecular flexibility index (Phi) is 8.81. The number of aryl methyl sites for hydroxylation is 1. The molecule has 2 atom stereocenters. The molecule has 3 N–H and O–H groups in total. The van der Waals surface area contributed by atoms with Gasteiger partial charge >= 0.3 is 0 Å². The summed E-state index contributed by atoms with van der Waals surface area (Å²) in [4.78, 5) is 41.2. The molecule has 0 bridgehead atoms. The number of rotatable bonds is 9. The second-order valence-corrected chi connectivity index (χ2v) is 10.4. The molecule has 10 nitrogen and oxygen atoms in total. The molecule has 2 unspecified atom stereocenters. The molecule has 1 saturated heterocycles. The second-order valence-electron chi connectivity index (χ2n) is 10.4. The third kappa shape index (κ3) is 5.85. The van der Waals surface area contributed by atoms with Gasteiger partial charge in [-0.05, 0) is 61.6 Å². The lowest BCUT2D eigenvalue weighted by Crippen LogP contribution is -2.53. The van der Waals surface area contributed by atoms with Gasteiger partial charge in [0, 0.05) is 25.9 Å². The number of nitrogens with two attached hydrogens (primary N) is 1. The fraction of sp³-hybridized carbons (Fsp3) is 0.323. The van der Waals surface area contributed by atoms with Crippen molar-refractivity contribution in [1.29, 1.82) is 0 Å². The summed E-state index contributed by atoms with van der Waals surface area (Å²) in [6.07, 6.45) is 14.0. The summed E-state index contributed by atoms with van der Waals surface area (Å²) in [6, 6.07) is 7.66. The Morgan fingerprint density at radius 3 is 2.90 bits per heavy atom. The van der Waals surface area contributed by atoms with Gasteiger partial charge in [-0.25, -0.2) is 9.37 Å². The SMILES string of the molecule is CCCc1ccnc(NC(=O)c2ccc(C3=NC(C4CCCCN4C(=O)/C=C/COC)=C4C=NC=C[N+]34N)cc2F)c1. The maximum absolute atomic E-state index is 15.5. The molecule has 2 aromatic rings. The molecule has 11 heteroatoms. The number of likely N-dealkylation sites (tertiary alicyclic amines) is 1. The summed E-state index contributed by atoms with van der Waals surface area (Å²) >= 11 is 0. The molecule has 1 aromatic carbocycles. The lowest BCUT2D eigenvalue weighted by molar-refractivity contribution is -0.750. The van der Waals surface area contributed by atoms with E-state index in [9.17, 15) is 9.59 Å². The van der Waals surface area contributed by atoms with Crippen LogP contribution in [0, 0.1) is 5.82 Å². The largest absolute Gasteiger partial charge is 0.381 e. The van der Waals surface area contributed by atoms with E-state index in [1.807, 2.05) is 6.07 Å². The van der Waals surface area contributed by atoms with Crippen LogP contribution in [0.1, 0.15) is 54.1 Å². The normalized spacial score (nSPS) is 21.6. The Balaban J connectivity index is 1.44. The highest BCUT2D eigenvalue weighted by atomic mass is 19.1. The molecule has 0 spiro atoms. The Morgan fingerprint density at radius 1 is 1.26 bits per heavy atom. The number of benzene rings is 1. The van der Waals surface area contributed by atoms with E-state index in [1.165, 1.54) is 18.2 Å². The number of hydrogen-bond donors (Lipinski definition) is 2. The second kappa shape index (κ2) is 12.7. The lowest BCUT2D eigenvalue weighted by Gasteiger charge is -2.35. The highest BCUT2D eigenvalue weighted by Gasteiger charge is 2.47. The van der Waals surface area contributed by atoms with Crippen LogP contribution >= 0.6 is 0 Å². The molecule has 218 valence electrons. The average molecular weight is 573 g/mol. The average Bonchev–Trinajstić information content (AvgIpc) is 3.30. The highest BCUT2D eigenvalue weighted by molar-refractivity contribution is 6.05. The molecule has 0 saturated carbocycles. The summed E-state index contributed by atoms with van der Waals surface area (Å²) in [5.41, 5.74) is 2.55. The Bertz CT molecular complexity index is 1530. The highest BCUT2D eigenvalue weighted by Crippen LogP contribution is 2.37. The first-order valence-corrected chi connectivity index (χ1v) is 14.1. The van der Waals surface area contributed by atoms with E-state index in [2.05, 4.69) is 22.2 Å². The van der Waals surface area contributed by atoms with Crippen molar-refractivity contribution in [3.63, 3.8) is 0 Å². The first kappa shape index (κ1) is 29.2. The molecule has 1 fully saturated rings. The van der Waals surface area contributed by atoms with Crippen LogP contribution in [-0.4, -0.2) is 64.6 Å². The van der Waals surface area contributed by atoms with Gasteiger partial charge in [0.1, 0.15) is 23.5 Å². The first-order chi connectivity index (χ1) is 20.4. The molecular formula is C31H35FN7O3+. The van der Waals surface area contributed by atoms with E-state index in [1.54, 1.807) is 55.0 Å². The van der Waals surface area contributed by atoms with Crippen molar-refractivity contribution in [2.24, 2.45) is 15.8 Å². The van der Waals surface area contributed by atoms with Crippen LogP contribution in [0.3, 0.4) is 0 Å². The number of nitrogens with zero attached hydrogens (tertiary/aromatic N) is 5. The molecule has 0 radical (unpaired) electrons. The van der Waals surface area contributed by atoms with Gasteiger partial charge in [0.2, 0.25) is 11.6 Å². The van der Waals surface area contributed by atoms with E-state index < -0.39 is 11.7 Å². The van der Waals surface area contributed by atoms with Gasteiger partial charge < -0.3 is 15.0 Å². The van der Waals surface area contributed by atoms with Gasteiger partial charge in [-0.1, -0.05) is 19.4 Å². The van der Waals surface area contributed by atoms with Crippen LogP contribution < -0.4 is 11.2 Å². The van der Waals surface area contributed by atoms with Gasteiger partial charge in [0.05, 0.1) is 36.2 Å². The number of aromatic nitrogens is 1. The van der Waals surface area contributed by atoms with Crippen molar-refractivity contribution in [2.75, 3.05) is 25.6 Å². The summed E-state index contributed by atoms with van der Waals surface area (Å²) in [7, 11) is 1.57. The molecular weight excluding hydrogens is 537 g/mol. The maximum atomic E-state index is 15.5. The Morgan fingerprint density at radius 2 is 2.12 bits per heavy atom. The van der Waals surface area contributed by atoms with Crippen LogP contribution in [0.25, 0.3) is 0 Å². The third-order valence-corrected chi connectivity index (χ3v) is 7.52. The van der Waals surface area contributed by atoms with Crippen LogP contribution in [-0.2, 0) is 16.0 Å². The molecule has 3 aliphatic rings. The van der Waals surface area contributed by atoms with Crippen molar-refractivity contribution >= 4 is 29.7 Å². The van der Waals surface area contributed by atoms with Gasteiger partial charge in [0.25, 0.3) is 11.7 Å². The van der Waals surface area contributed by atoms with Gasteiger partial charge in [-0.3, -0.25) is 14.6 Å². The minimum atomic E-state index is -0.716. The summed E-state index contributed by atoms with van der Waals surface area (Å²) in [5, 5.41) is 2.69. The fourth-order valence-electron chi connectivity index (χ4n) is 5.48. The number of amides is 2. The zero-order valence-corrected chi connectivity index (χ0v) is 23.8. The van der Waals surface area contributed by atoms with Crippen LogP contribution in [0.5, 0.6) is 0 Å². The van der Waals surface area contributed by atoms with Crippen LogP contribution in [0.15, 0.2) is 82.5 Å². The van der Waals surface area contributed by atoms with Crippen molar-refractivity contribution < 1.29 is 23.3 Å². The van der Waals surface area contributed by atoms with E-state index in [0.717, 1.165) is 31.2 Å². The monoisotopic (exact) mass is 572 g/mol. The number of ether oxygens (including phenoxy) is 1. The van der Waals surface area contributed by atoms with Crippen molar-refractivity contribution in [1.82, 2.24) is 9.88 Å². The topological polar surface area (TPSA) is 122 Å². The van der Waals surface area contributed by atoms with Gasteiger partial charge in [-0.15, -0.1) is 4.59 Å². The zero-order valence-electron chi connectivity index (χ0n) is 23.8. The smallest absolute Gasteiger partial charge is 0.265 e. The standard InChI is InChI=1S/C31H34FN7O3/c1-3-7-21-12-13-35-27(18-21)36-31(41)23-11-10-22(19-24(23)32)30-37-29(26-20-34-14-16-39(26,30)33)25-8-4-5-15-38(25)28(40)9-6-17-42-2/h6,9-14,16,18-20,25H,3-5,7-8,15,17,33H2,1-2H3/p+1/b9-6+. The number of quaternary nitrogens is 1. The lowest BCUT2D eigenvalue weighted by atomic mass is 9.98. The van der Waals surface area contributed by atoms with Gasteiger partial charge in [-0.2, -0.15) is 10.8 Å². The molecule has 0 aliphatic carbocycles. The number of carbonyl (C=O) groups excluding carboxylic acids is 2. The number of piperidine rings is 1. The van der Waals surface area contributed by atoms with E-state index >= 15 is 4.39 Å². The summed E-state index contributed by atoms with van der Waals surface area (Å²) in [6.45, 7) is 2.98. The number of nitrogens with one attached hydrogen (secondary N) is 1. The summed E-state index contributed by atoms with van der Waals surface area (Å²) in [5.74, 6) is 6.15. The zero-order chi connectivity index (χ0) is 29.7. The predicted octanol–water partition coefficient (Wildman–Crippen LogP) is 4.23. The van der Waals surface area contributed by atoms with Crippen molar-refractivity contribution in [2.45, 2.75) is 45.1 Å². The predicted molar refractivity (Wildman–Crippen MR) is 159 cm³/mol. The van der Waals surface area contributed by atoms with Crippen molar-refractivity contribution in [3.05, 3.63) is 95.0 Å². The molecule has 1 aromatic heterocycles. The number of anilines is 1. The van der Waals surface area contributed by atoms with Gasteiger partial charge in [0.15, 0.2) is 0 Å². The molecule has 42 heavy (non-hydrogen) atoms. The van der Waals surface area contributed by atoms with Crippen LogP contribution in [0.2, 0.25) is 0 Å². The minimum Gasteiger partial charge on any atom is -0.381 e. The number of carbonyl (C=O) groups is 2. The third-order valence-electron chi connectivity index (χ3n) is 7.52. The maximum Gasteiger partial charge on any atom is 0.265 e. The molecule has 3 aliphatic heterocycles. The minimum absolute atomic E-state index is 0.125. The Labute approximate surface area is 244 Å². The number of amidine groups is 1.